The van der Waals surface area contributed by atoms with Crippen LogP contribution in [-0.4, -0.2) is 70.4 Å². The molecule has 1 aromatic rings. The highest BCUT2D eigenvalue weighted by Gasteiger charge is 2.31. The van der Waals surface area contributed by atoms with Crippen LogP contribution in [0.5, 0.6) is 0 Å². The average molecular weight is 306 g/mol. The summed E-state index contributed by atoms with van der Waals surface area (Å²) in [4.78, 5) is 17.0. The summed E-state index contributed by atoms with van der Waals surface area (Å²) in [7, 11) is 0. The van der Waals surface area contributed by atoms with Crippen molar-refractivity contribution in [1.82, 2.24) is 19.6 Å². The molecule has 2 fully saturated rings. The number of hydrogen-bond acceptors (Lipinski definition) is 4. The Labute approximate surface area is 132 Å². The molecule has 1 amide bonds. The van der Waals surface area contributed by atoms with Gasteiger partial charge in [0.05, 0.1) is 0 Å². The zero-order valence-corrected chi connectivity index (χ0v) is 13.4. The Balaban J connectivity index is 1.48. The van der Waals surface area contributed by atoms with Crippen LogP contribution in [0.3, 0.4) is 0 Å². The summed E-state index contributed by atoms with van der Waals surface area (Å²) < 4.78 is 7.26. The van der Waals surface area contributed by atoms with Crippen molar-refractivity contribution in [3.8, 4) is 0 Å². The van der Waals surface area contributed by atoms with Crippen molar-refractivity contribution in [3.63, 3.8) is 0 Å². The maximum absolute atomic E-state index is 12.4. The fourth-order valence-electron chi connectivity index (χ4n) is 3.52. The number of piperazine rings is 1. The van der Waals surface area contributed by atoms with E-state index in [1.54, 1.807) is 6.20 Å². The van der Waals surface area contributed by atoms with Crippen LogP contribution >= 0.6 is 0 Å². The minimum absolute atomic E-state index is 0.245. The van der Waals surface area contributed by atoms with Gasteiger partial charge in [-0.15, -0.1) is 0 Å². The number of aryl methyl sites for hydroxylation is 1. The molecule has 3 rings (SSSR count). The number of amides is 1. The number of carbonyl (C=O) groups excluding carboxylic acids is 1. The summed E-state index contributed by atoms with van der Waals surface area (Å²) in [6.07, 6.45) is 6.43. The first-order valence-electron chi connectivity index (χ1n) is 8.33. The minimum atomic E-state index is 0.245. The van der Waals surface area contributed by atoms with Gasteiger partial charge < -0.3 is 9.64 Å². The molecule has 2 aliphatic heterocycles. The van der Waals surface area contributed by atoms with Gasteiger partial charge in [0.25, 0.3) is 0 Å². The molecule has 1 atom stereocenters. The summed E-state index contributed by atoms with van der Waals surface area (Å²) in [5, 5.41) is 4.15. The van der Waals surface area contributed by atoms with Crippen LogP contribution in [0.1, 0.15) is 26.2 Å². The molecule has 6 nitrogen and oxygen atoms in total. The second kappa shape index (κ2) is 7.24. The van der Waals surface area contributed by atoms with Gasteiger partial charge >= 0.3 is 0 Å². The summed E-state index contributed by atoms with van der Waals surface area (Å²) in [6.45, 7) is 7.40. The third-order valence-electron chi connectivity index (χ3n) is 4.80. The lowest BCUT2D eigenvalue weighted by Gasteiger charge is -2.44. The van der Waals surface area contributed by atoms with Gasteiger partial charge in [-0.05, 0) is 25.8 Å². The van der Waals surface area contributed by atoms with E-state index < -0.39 is 0 Å². The van der Waals surface area contributed by atoms with E-state index in [1.165, 1.54) is 0 Å². The van der Waals surface area contributed by atoms with Crippen molar-refractivity contribution < 1.29 is 9.53 Å². The topological polar surface area (TPSA) is 50.6 Å². The third-order valence-corrected chi connectivity index (χ3v) is 4.80. The van der Waals surface area contributed by atoms with Crippen molar-refractivity contribution >= 4 is 5.91 Å². The van der Waals surface area contributed by atoms with Crippen LogP contribution in [0.2, 0.25) is 0 Å². The Morgan fingerprint density at radius 3 is 2.82 bits per heavy atom. The molecule has 0 aromatic carbocycles. The fraction of sp³-hybridized carbons (Fsp3) is 0.750. The first-order valence-corrected chi connectivity index (χ1v) is 8.33. The molecule has 0 aliphatic carbocycles. The first-order chi connectivity index (χ1) is 10.7. The molecule has 2 saturated heterocycles. The van der Waals surface area contributed by atoms with E-state index in [9.17, 15) is 4.79 Å². The highest BCUT2D eigenvalue weighted by Crippen LogP contribution is 2.19. The van der Waals surface area contributed by atoms with Gasteiger partial charge in [-0.25, -0.2) is 0 Å². The number of nitrogens with zero attached hydrogens (tertiary/aromatic N) is 4. The summed E-state index contributed by atoms with van der Waals surface area (Å²) in [6, 6.07) is 2.82. The quantitative estimate of drug-likeness (QED) is 0.832. The number of hydrogen-bond donors (Lipinski definition) is 0. The number of ether oxygens (including phenoxy) is 1. The third kappa shape index (κ3) is 3.67. The van der Waals surface area contributed by atoms with Gasteiger partial charge in [-0.3, -0.25) is 14.4 Å². The highest BCUT2D eigenvalue weighted by atomic mass is 16.5. The SMILES string of the molecule is C[C@H]1CN(C2CCOCC2)CCN1C(=O)CCn1cccn1. The Morgan fingerprint density at radius 1 is 1.32 bits per heavy atom. The van der Waals surface area contributed by atoms with E-state index in [0.29, 0.717) is 25.0 Å². The zero-order valence-electron chi connectivity index (χ0n) is 13.4. The molecule has 3 heterocycles. The molecule has 0 saturated carbocycles. The Bertz CT molecular complexity index is 471. The fourth-order valence-corrected chi connectivity index (χ4v) is 3.52. The molecule has 2 aliphatic rings. The smallest absolute Gasteiger partial charge is 0.224 e. The zero-order chi connectivity index (χ0) is 15.4. The van der Waals surface area contributed by atoms with Crippen LogP contribution in [0.4, 0.5) is 0 Å². The second-order valence-electron chi connectivity index (χ2n) is 6.29. The Morgan fingerprint density at radius 2 is 2.14 bits per heavy atom. The lowest BCUT2D eigenvalue weighted by atomic mass is 10.0. The maximum atomic E-state index is 12.4. The van der Waals surface area contributed by atoms with Crippen LogP contribution in [0.25, 0.3) is 0 Å². The van der Waals surface area contributed by atoms with Gasteiger partial charge in [0, 0.05) is 70.3 Å². The highest BCUT2D eigenvalue weighted by molar-refractivity contribution is 5.76. The van der Waals surface area contributed by atoms with Crippen molar-refractivity contribution in [3.05, 3.63) is 18.5 Å². The van der Waals surface area contributed by atoms with Crippen LogP contribution in [-0.2, 0) is 16.1 Å². The van der Waals surface area contributed by atoms with Crippen LogP contribution in [0, 0.1) is 0 Å². The lowest BCUT2D eigenvalue weighted by Crippen LogP contribution is -2.57. The molecule has 0 N–H and O–H groups in total. The Kier molecular flexibility index (Phi) is 5.10. The van der Waals surface area contributed by atoms with Gasteiger partial charge in [-0.1, -0.05) is 0 Å². The summed E-state index contributed by atoms with van der Waals surface area (Å²) in [5.74, 6) is 0.245. The van der Waals surface area contributed by atoms with E-state index in [4.69, 9.17) is 4.74 Å². The molecule has 0 radical (unpaired) electrons. The van der Waals surface area contributed by atoms with Crippen LogP contribution < -0.4 is 0 Å². The standard InChI is InChI=1S/C16H26N4O2/c1-14-13-18(15-4-11-22-12-5-15)9-10-20(14)16(21)3-8-19-7-2-6-17-19/h2,6-7,14-15H,3-5,8-13H2,1H3/t14-/m0/s1. The number of carbonyl (C=O) groups is 1. The predicted molar refractivity (Wildman–Crippen MR) is 83.4 cm³/mol. The number of rotatable bonds is 4. The first kappa shape index (κ1) is 15.5. The number of aromatic nitrogens is 2. The van der Waals surface area contributed by atoms with E-state index in [2.05, 4.69) is 16.9 Å². The van der Waals surface area contributed by atoms with Gasteiger partial charge in [0.1, 0.15) is 0 Å². The van der Waals surface area contributed by atoms with Crippen molar-refractivity contribution in [1.29, 1.82) is 0 Å². The molecular weight excluding hydrogens is 280 g/mol. The molecule has 6 heteroatoms. The molecular formula is C16H26N4O2. The molecule has 0 bridgehead atoms. The monoisotopic (exact) mass is 306 g/mol. The van der Waals surface area contributed by atoms with E-state index in [1.807, 2.05) is 21.8 Å². The van der Waals surface area contributed by atoms with Gasteiger partial charge in [-0.2, -0.15) is 5.10 Å². The van der Waals surface area contributed by atoms with Crippen LogP contribution in [0.15, 0.2) is 18.5 Å². The van der Waals surface area contributed by atoms with Gasteiger partial charge in [0.15, 0.2) is 0 Å². The average Bonchev–Trinajstić information content (AvgIpc) is 3.07. The largest absolute Gasteiger partial charge is 0.381 e. The van der Waals surface area contributed by atoms with Gasteiger partial charge in [0.2, 0.25) is 5.91 Å². The Hall–Kier alpha value is -1.40. The van der Waals surface area contributed by atoms with E-state index in [0.717, 1.165) is 45.7 Å². The summed E-state index contributed by atoms with van der Waals surface area (Å²) >= 11 is 0. The minimum Gasteiger partial charge on any atom is -0.381 e. The van der Waals surface area contributed by atoms with E-state index in [-0.39, 0.29) is 5.91 Å². The molecule has 0 unspecified atom stereocenters. The van der Waals surface area contributed by atoms with Crippen molar-refractivity contribution in [2.75, 3.05) is 32.8 Å². The normalized spacial score (nSPS) is 24.6. The van der Waals surface area contributed by atoms with Crippen molar-refractivity contribution in [2.24, 2.45) is 0 Å². The molecule has 1 aromatic heterocycles. The molecule has 0 spiro atoms. The molecule has 122 valence electrons. The summed E-state index contributed by atoms with van der Waals surface area (Å²) in [5.41, 5.74) is 0. The maximum Gasteiger partial charge on any atom is 0.224 e. The van der Waals surface area contributed by atoms with E-state index >= 15 is 0 Å². The van der Waals surface area contributed by atoms with Crippen molar-refractivity contribution in [2.45, 2.75) is 44.8 Å². The second-order valence-corrected chi connectivity index (χ2v) is 6.29. The lowest BCUT2D eigenvalue weighted by molar-refractivity contribution is -0.136. The molecule has 22 heavy (non-hydrogen) atoms. The predicted octanol–water partition coefficient (Wildman–Crippen LogP) is 0.985.